The van der Waals surface area contributed by atoms with E-state index in [1.807, 2.05) is 18.2 Å². The Morgan fingerprint density at radius 2 is 2.04 bits per heavy atom. The van der Waals surface area contributed by atoms with Gasteiger partial charge in [0.05, 0.1) is 12.1 Å². The van der Waals surface area contributed by atoms with Gasteiger partial charge in [-0.05, 0) is 24.3 Å². The van der Waals surface area contributed by atoms with Crippen LogP contribution in [0.15, 0.2) is 42.6 Å². The average Bonchev–Trinajstić information content (AvgIpc) is 2.65. The number of pyridine rings is 1. The van der Waals surface area contributed by atoms with Crippen molar-refractivity contribution in [1.29, 1.82) is 0 Å². The van der Waals surface area contributed by atoms with Gasteiger partial charge in [-0.15, -0.1) is 0 Å². The van der Waals surface area contributed by atoms with Crippen LogP contribution < -0.4 is 14.8 Å². The van der Waals surface area contributed by atoms with Crippen LogP contribution in [0.4, 0.5) is 0 Å². The number of aromatic nitrogens is 1. The van der Waals surface area contributed by atoms with Crippen LogP contribution in [0.25, 0.3) is 0 Å². The summed E-state index contributed by atoms with van der Waals surface area (Å²) in [5.41, 5.74) is 0.220. The molecule has 1 atom stereocenters. The maximum absolute atomic E-state index is 11.8. The highest BCUT2D eigenvalue weighted by Gasteiger charge is 2.21. The normalized spacial score (nSPS) is 15.3. The number of fused-ring (bicyclic) bond motifs is 1. The highest BCUT2D eigenvalue weighted by molar-refractivity contribution is 6.29. The van der Waals surface area contributed by atoms with Crippen molar-refractivity contribution in [1.82, 2.24) is 10.3 Å². The monoisotopic (exact) mass is 362 g/mol. The third kappa shape index (κ3) is 4.60. The molecule has 3 rings (SSSR count). The summed E-state index contributed by atoms with van der Waals surface area (Å²) in [6.45, 7) is 0.173. The Balaban J connectivity index is 1.41. The van der Waals surface area contributed by atoms with Crippen molar-refractivity contribution in [2.24, 2.45) is 0 Å². The van der Waals surface area contributed by atoms with Gasteiger partial charge in [0.1, 0.15) is 17.9 Å². The molecule has 1 aliphatic rings. The Morgan fingerprint density at radius 3 is 2.80 bits per heavy atom. The van der Waals surface area contributed by atoms with Gasteiger partial charge in [-0.25, -0.2) is 9.78 Å². The van der Waals surface area contributed by atoms with Crippen LogP contribution in [-0.4, -0.2) is 42.7 Å². The van der Waals surface area contributed by atoms with Crippen LogP contribution >= 0.6 is 11.6 Å². The molecular weight excluding hydrogens is 348 g/mol. The van der Waals surface area contributed by atoms with Crippen LogP contribution in [0.3, 0.4) is 0 Å². The van der Waals surface area contributed by atoms with E-state index in [0.717, 1.165) is 0 Å². The van der Waals surface area contributed by atoms with E-state index in [1.54, 1.807) is 6.07 Å². The van der Waals surface area contributed by atoms with Gasteiger partial charge in [0.25, 0.3) is 5.91 Å². The van der Waals surface area contributed by atoms with Crippen molar-refractivity contribution in [3.05, 3.63) is 53.3 Å². The molecule has 0 saturated carbocycles. The number of para-hydroxylation sites is 2. The van der Waals surface area contributed by atoms with Crippen molar-refractivity contribution in [2.75, 3.05) is 19.8 Å². The smallest absolute Gasteiger partial charge is 0.340 e. The Kier molecular flexibility index (Phi) is 5.35. The predicted molar refractivity (Wildman–Crippen MR) is 88.9 cm³/mol. The number of esters is 1. The third-order valence-corrected chi connectivity index (χ3v) is 3.62. The minimum atomic E-state index is -0.648. The molecule has 1 aliphatic heterocycles. The lowest BCUT2D eigenvalue weighted by Gasteiger charge is -2.26. The van der Waals surface area contributed by atoms with Gasteiger partial charge in [-0.1, -0.05) is 23.7 Å². The first-order valence-corrected chi connectivity index (χ1v) is 7.93. The largest absolute Gasteiger partial charge is 0.486 e. The molecule has 0 spiro atoms. The van der Waals surface area contributed by atoms with E-state index < -0.39 is 18.5 Å². The van der Waals surface area contributed by atoms with Gasteiger partial charge in [0.2, 0.25) is 0 Å². The van der Waals surface area contributed by atoms with Gasteiger partial charge < -0.3 is 19.5 Å². The van der Waals surface area contributed by atoms with Crippen molar-refractivity contribution in [3.63, 3.8) is 0 Å². The highest BCUT2D eigenvalue weighted by atomic mass is 35.5. The Morgan fingerprint density at radius 1 is 1.24 bits per heavy atom. The van der Waals surface area contributed by atoms with E-state index in [4.69, 9.17) is 25.8 Å². The van der Waals surface area contributed by atoms with Crippen molar-refractivity contribution < 1.29 is 23.8 Å². The number of nitrogens with one attached hydrogen (secondary N) is 1. The molecule has 130 valence electrons. The first-order chi connectivity index (χ1) is 12.1. The molecule has 1 aromatic carbocycles. The molecule has 0 saturated heterocycles. The zero-order valence-electron chi connectivity index (χ0n) is 13.1. The predicted octanol–water partition coefficient (Wildman–Crippen LogP) is 1.85. The molecule has 2 aromatic rings. The van der Waals surface area contributed by atoms with Gasteiger partial charge in [-0.2, -0.15) is 0 Å². The number of carbonyl (C=O) groups is 2. The molecule has 1 N–H and O–H groups in total. The highest BCUT2D eigenvalue weighted by Crippen LogP contribution is 2.30. The summed E-state index contributed by atoms with van der Waals surface area (Å²) in [5.74, 6) is 0.230. The molecule has 1 aromatic heterocycles. The number of ether oxygens (including phenoxy) is 3. The molecule has 2 heterocycles. The minimum Gasteiger partial charge on any atom is -0.486 e. The maximum Gasteiger partial charge on any atom is 0.340 e. The number of carbonyl (C=O) groups excluding carboxylic acids is 2. The topological polar surface area (TPSA) is 86.8 Å². The van der Waals surface area contributed by atoms with E-state index in [2.05, 4.69) is 10.3 Å². The van der Waals surface area contributed by atoms with Crippen molar-refractivity contribution >= 4 is 23.5 Å². The summed E-state index contributed by atoms with van der Waals surface area (Å²) >= 11 is 5.64. The van der Waals surface area contributed by atoms with Gasteiger partial charge in [-0.3, -0.25) is 4.79 Å². The van der Waals surface area contributed by atoms with Crippen LogP contribution in [0.2, 0.25) is 5.15 Å². The number of amides is 1. The number of nitrogens with zero attached hydrogens (tertiary/aromatic N) is 1. The fourth-order valence-corrected chi connectivity index (χ4v) is 2.27. The molecule has 0 bridgehead atoms. The number of halogens is 1. The van der Waals surface area contributed by atoms with E-state index in [-0.39, 0.29) is 23.4 Å². The Bertz CT molecular complexity index is 766. The minimum absolute atomic E-state index is 0.220. The standard InChI is InChI=1S/C17H15ClN2O5/c18-15-6-5-11(7-19-15)17(22)24-10-16(21)20-8-12-9-23-13-3-1-2-4-14(13)25-12/h1-7,12H,8-10H2,(H,20,21)/t12-/m0/s1. The second-order valence-electron chi connectivity index (χ2n) is 5.25. The third-order valence-electron chi connectivity index (χ3n) is 3.39. The number of hydrogen-bond acceptors (Lipinski definition) is 6. The lowest BCUT2D eigenvalue weighted by molar-refractivity contribution is -0.124. The van der Waals surface area contributed by atoms with E-state index >= 15 is 0 Å². The fraction of sp³-hybridized carbons (Fsp3) is 0.235. The maximum atomic E-state index is 11.8. The summed E-state index contributed by atoms with van der Waals surface area (Å²) < 4.78 is 16.2. The number of benzene rings is 1. The van der Waals surface area contributed by atoms with Crippen molar-refractivity contribution in [3.8, 4) is 11.5 Å². The number of rotatable bonds is 5. The molecule has 7 nitrogen and oxygen atoms in total. The molecule has 0 unspecified atom stereocenters. The van der Waals surface area contributed by atoms with Gasteiger partial charge in [0.15, 0.2) is 18.1 Å². The van der Waals surface area contributed by atoms with Crippen LogP contribution in [0.1, 0.15) is 10.4 Å². The summed E-state index contributed by atoms with van der Waals surface area (Å²) in [6, 6.07) is 10.3. The molecule has 0 aliphatic carbocycles. The molecule has 25 heavy (non-hydrogen) atoms. The van der Waals surface area contributed by atoms with Gasteiger partial charge >= 0.3 is 5.97 Å². The van der Waals surface area contributed by atoms with Crippen LogP contribution in [0.5, 0.6) is 11.5 Å². The first-order valence-electron chi connectivity index (χ1n) is 7.55. The average molecular weight is 363 g/mol. The van der Waals surface area contributed by atoms with E-state index in [1.165, 1.54) is 18.3 Å². The van der Waals surface area contributed by atoms with Gasteiger partial charge in [0, 0.05) is 6.20 Å². The Labute approximate surface area is 148 Å². The zero-order valence-corrected chi connectivity index (χ0v) is 13.9. The summed E-state index contributed by atoms with van der Waals surface area (Å²) in [4.78, 5) is 27.4. The second kappa shape index (κ2) is 7.85. The lowest BCUT2D eigenvalue weighted by atomic mass is 10.2. The Hall–Kier alpha value is -2.80. The van der Waals surface area contributed by atoms with Crippen LogP contribution in [0, 0.1) is 0 Å². The summed E-state index contributed by atoms with van der Waals surface area (Å²) in [7, 11) is 0. The molecule has 0 radical (unpaired) electrons. The van der Waals surface area contributed by atoms with E-state index in [9.17, 15) is 9.59 Å². The molecule has 1 amide bonds. The zero-order chi connectivity index (χ0) is 17.6. The van der Waals surface area contributed by atoms with Crippen molar-refractivity contribution in [2.45, 2.75) is 6.10 Å². The van der Waals surface area contributed by atoms with Crippen LogP contribution in [-0.2, 0) is 9.53 Å². The van der Waals surface area contributed by atoms with E-state index in [0.29, 0.717) is 18.1 Å². The summed E-state index contributed by atoms with van der Waals surface area (Å²) in [5, 5.41) is 2.91. The summed E-state index contributed by atoms with van der Waals surface area (Å²) in [6.07, 6.45) is 0.975. The number of hydrogen-bond donors (Lipinski definition) is 1. The molecular formula is C17H15ClN2O5. The first kappa shape index (κ1) is 17.0. The SMILES string of the molecule is O=C(COC(=O)c1ccc(Cl)nc1)NC[C@H]1COc2ccccc2O1. The quantitative estimate of drug-likeness (QED) is 0.645. The fourth-order valence-electron chi connectivity index (χ4n) is 2.15. The molecule has 8 heteroatoms. The molecule has 0 fully saturated rings. The second-order valence-corrected chi connectivity index (χ2v) is 5.63. The lowest BCUT2D eigenvalue weighted by Crippen LogP contribution is -2.42.